The molecule has 2 heterocycles. The quantitative estimate of drug-likeness (QED) is 0.251. The Hall–Kier alpha value is -4.42. The summed E-state index contributed by atoms with van der Waals surface area (Å²) in [6.07, 6.45) is 0. The molecular formula is C27H26F2N6O3S. The molecule has 0 atom stereocenters. The first-order valence-corrected chi connectivity index (χ1v) is 12.6. The fourth-order valence-electron chi connectivity index (χ4n) is 3.81. The number of nitrogens with one attached hydrogen (secondary N) is 3. The Labute approximate surface area is 227 Å². The van der Waals surface area contributed by atoms with Gasteiger partial charge in [-0.3, -0.25) is 9.59 Å². The highest BCUT2D eigenvalue weighted by Crippen LogP contribution is 2.43. The van der Waals surface area contributed by atoms with Gasteiger partial charge in [-0.2, -0.15) is 0 Å². The van der Waals surface area contributed by atoms with Crippen LogP contribution in [0.2, 0.25) is 0 Å². The first-order valence-electron chi connectivity index (χ1n) is 11.7. The molecule has 4 rings (SSSR count). The molecule has 0 unspecified atom stereocenters. The SMILES string of the molecule is COc1ccc(NC(=O)c2c(Nc3c(F)cccc3F)sc(-c3ccc(NC(C)=O)cc3)c2CN(C)C)nn1. The number of hydrogen-bond donors (Lipinski definition) is 3. The molecule has 0 bridgehead atoms. The second-order valence-corrected chi connectivity index (χ2v) is 9.77. The summed E-state index contributed by atoms with van der Waals surface area (Å²) in [5, 5.41) is 16.3. The summed E-state index contributed by atoms with van der Waals surface area (Å²) in [6.45, 7) is 1.76. The van der Waals surface area contributed by atoms with E-state index >= 15 is 0 Å². The average molecular weight is 553 g/mol. The number of carbonyl (C=O) groups is 2. The fraction of sp³-hybridized carbons (Fsp3) is 0.185. The van der Waals surface area contributed by atoms with E-state index in [1.807, 2.05) is 19.0 Å². The number of hydrogen-bond acceptors (Lipinski definition) is 8. The maximum Gasteiger partial charge on any atom is 0.260 e. The van der Waals surface area contributed by atoms with Crippen molar-refractivity contribution in [1.29, 1.82) is 0 Å². The van der Waals surface area contributed by atoms with Crippen molar-refractivity contribution in [2.45, 2.75) is 13.5 Å². The first-order chi connectivity index (χ1) is 18.7. The van der Waals surface area contributed by atoms with Crippen LogP contribution in [0.25, 0.3) is 10.4 Å². The minimum absolute atomic E-state index is 0.173. The highest BCUT2D eigenvalue weighted by molar-refractivity contribution is 7.20. The molecule has 0 fully saturated rings. The van der Waals surface area contributed by atoms with Crippen LogP contribution < -0.4 is 20.7 Å². The number of halogens is 2. The van der Waals surface area contributed by atoms with E-state index in [0.717, 1.165) is 17.7 Å². The van der Waals surface area contributed by atoms with Gasteiger partial charge in [-0.1, -0.05) is 18.2 Å². The normalized spacial score (nSPS) is 10.8. The van der Waals surface area contributed by atoms with Gasteiger partial charge >= 0.3 is 0 Å². The lowest BCUT2D eigenvalue weighted by molar-refractivity contribution is -0.114. The van der Waals surface area contributed by atoms with Gasteiger partial charge < -0.3 is 25.6 Å². The number of benzene rings is 2. The van der Waals surface area contributed by atoms with E-state index in [1.54, 1.807) is 30.3 Å². The monoisotopic (exact) mass is 552 g/mol. The van der Waals surface area contributed by atoms with Crippen molar-refractivity contribution in [2.75, 3.05) is 37.2 Å². The summed E-state index contributed by atoms with van der Waals surface area (Å²) in [4.78, 5) is 27.7. The van der Waals surface area contributed by atoms with Gasteiger partial charge in [-0.15, -0.1) is 21.5 Å². The number of para-hydroxylation sites is 1. The molecule has 202 valence electrons. The zero-order valence-corrected chi connectivity index (χ0v) is 22.5. The number of amides is 2. The molecule has 0 aliphatic carbocycles. The Bertz CT molecular complexity index is 1470. The van der Waals surface area contributed by atoms with Crippen molar-refractivity contribution >= 4 is 45.3 Å². The van der Waals surface area contributed by atoms with Crippen molar-refractivity contribution < 1.29 is 23.1 Å². The largest absolute Gasteiger partial charge is 0.480 e. The van der Waals surface area contributed by atoms with Crippen LogP contribution in [0.5, 0.6) is 5.88 Å². The van der Waals surface area contributed by atoms with Crippen LogP contribution in [-0.4, -0.2) is 48.1 Å². The standard InChI is InChI=1S/C27H26F2N6O3S/c1-15(36)30-17-10-8-16(9-11-17)25-18(14-35(2)3)23(26(37)31-21-12-13-22(38-4)34-33-21)27(39-25)32-24-19(28)6-5-7-20(24)29/h5-13,32H,14H2,1-4H3,(H,30,36)(H,31,33,37). The summed E-state index contributed by atoms with van der Waals surface area (Å²) in [5.41, 5.74) is 1.83. The molecule has 0 radical (unpaired) electrons. The minimum atomic E-state index is -0.800. The van der Waals surface area contributed by atoms with E-state index in [9.17, 15) is 18.4 Å². The van der Waals surface area contributed by atoms with Gasteiger partial charge in [0, 0.05) is 30.1 Å². The number of thiophene rings is 1. The number of aromatic nitrogens is 2. The molecule has 0 saturated heterocycles. The molecule has 12 heteroatoms. The maximum atomic E-state index is 14.6. The lowest BCUT2D eigenvalue weighted by Crippen LogP contribution is -2.19. The van der Waals surface area contributed by atoms with Crippen molar-refractivity contribution in [3.8, 4) is 16.3 Å². The smallest absolute Gasteiger partial charge is 0.260 e. The van der Waals surface area contributed by atoms with Crippen molar-refractivity contribution in [2.24, 2.45) is 0 Å². The molecule has 39 heavy (non-hydrogen) atoms. The van der Waals surface area contributed by atoms with E-state index in [1.165, 1.54) is 37.5 Å². The fourth-order valence-corrected chi connectivity index (χ4v) is 5.03. The van der Waals surface area contributed by atoms with Crippen molar-refractivity contribution in [1.82, 2.24) is 15.1 Å². The molecule has 9 nitrogen and oxygen atoms in total. The maximum absolute atomic E-state index is 14.6. The van der Waals surface area contributed by atoms with E-state index < -0.39 is 17.5 Å². The number of anilines is 4. The summed E-state index contributed by atoms with van der Waals surface area (Å²) in [7, 11) is 5.15. The van der Waals surface area contributed by atoms with Crippen LogP contribution in [0.15, 0.2) is 54.6 Å². The molecule has 0 saturated carbocycles. The number of carbonyl (C=O) groups excluding carboxylic acids is 2. The molecule has 3 N–H and O–H groups in total. The second-order valence-electron chi connectivity index (χ2n) is 8.75. The van der Waals surface area contributed by atoms with E-state index in [-0.39, 0.29) is 33.9 Å². The minimum Gasteiger partial charge on any atom is -0.480 e. The number of nitrogens with zero attached hydrogens (tertiary/aromatic N) is 3. The Kier molecular flexibility index (Phi) is 8.47. The summed E-state index contributed by atoms with van der Waals surface area (Å²) >= 11 is 1.18. The Morgan fingerprint density at radius 1 is 0.974 bits per heavy atom. The zero-order valence-electron chi connectivity index (χ0n) is 21.6. The average Bonchev–Trinajstić information content (AvgIpc) is 3.24. The number of rotatable bonds is 9. The second kappa shape index (κ2) is 12.0. The van der Waals surface area contributed by atoms with E-state index in [4.69, 9.17) is 4.74 Å². The molecule has 2 aromatic carbocycles. The van der Waals surface area contributed by atoms with Gasteiger partial charge in [0.1, 0.15) is 22.3 Å². The topological polar surface area (TPSA) is 108 Å². The lowest BCUT2D eigenvalue weighted by atomic mass is 10.0. The third kappa shape index (κ3) is 6.54. The highest BCUT2D eigenvalue weighted by Gasteiger charge is 2.27. The van der Waals surface area contributed by atoms with E-state index in [0.29, 0.717) is 22.7 Å². The molecule has 0 spiro atoms. The Balaban J connectivity index is 1.84. The third-order valence-corrected chi connectivity index (χ3v) is 6.66. The molecule has 2 amide bonds. The van der Waals surface area contributed by atoms with Crippen LogP contribution in [0.3, 0.4) is 0 Å². The van der Waals surface area contributed by atoms with Crippen LogP contribution >= 0.6 is 11.3 Å². The van der Waals surface area contributed by atoms with Crippen LogP contribution in [0.4, 0.5) is 31.0 Å². The lowest BCUT2D eigenvalue weighted by Gasteiger charge is -2.15. The third-order valence-electron chi connectivity index (χ3n) is 5.47. The van der Waals surface area contributed by atoms with Gasteiger partial charge in [0.15, 0.2) is 5.82 Å². The molecule has 4 aromatic rings. The first kappa shape index (κ1) is 27.6. The Morgan fingerprint density at radius 2 is 1.67 bits per heavy atom. The van der Waals surface area contributed by atoms with Crippen molar-refractivity contribution in [3.63, 3.8) is 0 Å². The predicted octanol–water partition coefficient (Wildman–Crippen LogP) is 5.51. The summed E-state index contributed by atoms with van der Waals surface area (Å²) in [6, 6.07) is 13.7. The van der Waals surface area contributed by atoms with Gasteiger partial charge in [-0.05, 0) is 55.6 Å². The van der Waals surface area contributed by atoms with Crippen LogP contribution in [0, 0.1) is 11.6 Å². The van der Waals surface area contributed by atoms with Crippen LogP contribution in [0.1, 0.15) is 22.8 Å². The van der Waals surface area contributed by atoms with E-state index in [2.05, 4.69) is 26.1 Å². The van der Waals surface area contributed by atoms with Gasteiger partial charge in [0.05, 0.1) is 12.7 Å². The zero-order chi connectivity index (χ0) is 28.1. The van der Waals surface area contributed by atoms with Gasteiger partial charge in [0.2, 0.25) is 11.8 Å². The van der Waals surface area contributed by atoms with Crippen LogP contribution in [-0.2, 0) is 11.3 Å². The molecule has 0 aliphatic heterocycles. The molecule has 2 aromatic heterocycles. The highest BCUT2D eigenvalue weighted by atomic mass is 32.1. The predicted molar refractivity (Wildman–Crippen MR) is 148 cm³/mol. The molecular weight excluding hydrogens is 526 g/mol. The van der Waals surface area contributed by atoms with Gasteiger partial charge in [-0.25, -0.2) is 8.78 Å². The number of methoxy groups -OCH3 is 1. The van der Waals surface area contributed by atoms with Crippen molar-refractivity contribution in [3.05, 3.63) is 77.4 Å². The number of ether oxygens (including phenoxy) is 1. The summed E-state index contributed by atoms with van der Waals surface area (Å²) < 4.78 is 34.2. The Morgan fingerprint density at radius 3 is 2.23 bits per heavy atom. The van der Waals surface area contributed by atoms with Gasteiger partial charge in [0.25, 0.3) is 5.91 Å². The molecule has 0 aliphatic rings. The summed E-state index contributed by atoms with van der Waals surface area (Å²) in [5.74, 6) is -1.89.